The van der Waals surface area contributed by atoms with Crippen LogP contribution in [-0.4, -0.2) is 93.5 Å². The molecule has 1 aromatic carbocycles. The van der Waals surface area contributed by atoms with Crippen LogP contribution in [0, 0.1) is 17.2 Å². The number of nitrogens with one attached hydrogen (secondary N) is 1. The van der Waals surface area contributed by atoms with Gasteiger partial charge in [-0.25, -0.2) is 17.5 Å². The lowest BCUT2D eigenvalue weighted by Gasteiger charge is -2.27. The highest BCUT2D eigenvalue weighted by Crippen LogP contribution is 2.42. The summed E-state index contributed by atoms with van der Waals surface area (Å²) < 4.78 is 43.2. The Labute approximate surface area is 180 Å². The van der Waals surface area contributed by atoms with Crippen LogP contribution in [0.4, 0.5) is 4.39 Å². The summed E-state index contributed by atoms with van der Waals surface area (Å²) in [5.74, 6) is -0.401. The Kier molecular flexibility index (Phi) is 8.34. The van der Waals surface area contributed by atoms with Gasteiger partial charge in [-0.1, -0.05) is 6.07 Å². The van der Waals surface area contributed by atoms with Crippen molar-refractivity contribution in [2.24, 2.45) is 11.3 Å². The maximum Gasteiger partial charge on any atom is 0.290 e. The number of carbonyl (C=O) groups is 2. The Balaban J connectivity index is 0.00000107. The number of nitrogens with zero attached hydrogens (tertiary/aromatic N) is 2. The van der Waals surface area contributed by atoms with Crippen molar-refractivity contribution in [1.29, 1.82) is 0 Å². The maximum absolute atomic E-state index is 13.6. The number of ether oxygens (including phenoxy) is 1. The summed E-state index contributed by atoms with van der Waals surface area (Å²) in [6, 6.07) is 4.76. The van der Waals surface area contributed by atoms with E-state index in [-0.39, 0.29) is 37.2 Å². The number of benzene rings is 1. The number of aliphatic hydroxyl groups excluding tert-OH is 1. The third-order valence-electron chi connectivity index (χ3n) is 5.60. The van der Waals surface area contributed by atoms with Gasteiger partial charge in [-0.2, -0.15) is 0 Å². The maximum atomic E-state index is 13.6. The molecule has 3 N–H and O–H groups in total. The number of carbonyl (C=O) groups excluding carboxylic acids is 1. The molecule has 2 saturated heterocycles. The van der Waals surface area contributed by atoms with Gasteiger partial charge in [0.1, 0.15) is 0 Å². The van der Waals surface area contributed by atoms with Crippen LogP contribution in [0.15, 0.2) is 18.2 Å². The van der Waals surface area contributed by atoms with Crippen molar-refractivity contribution < 1.29 is 37.3 Å². The summed E-state index contributed by atoms with van der Waals surface area (Å²) >= 11 is 0. The van der Waals surface area contributed by atoms with Crippen molar-refractivity contribution in [3.63, 3.8) is 0 Å². The highest BCUT2D eigenvalue weighted by atomic mass is 32.2. The first kappa shape index (κ1) is 25.0. The van der Waals surface area contributed by atoms with Crippen molar-refractivity contribution >= 4 is 22.4 Å². The Morgan fingerprint density at radius 1 is 1.39 bits per heavy atom. The third kappa shape index (κ3) is 6.35. The first-order chi connectivity index (χ1) is 14.6. The molecule has 0 radical (unpaired) electrons. The standard InChI is InChI=1S/C18H26FN3O5S.CH2O2/c1-27-16-5-13(3-4-15(16)19)7-21-8-14-9-22(11-18(14,10-21)12-23)17(24)6-20-28(2,25)26;2-1-3/h3-5,14,20,23H,6-12H2,1-2H3;1H,(H,2,3). The van der Waals surface area contributed by atoms with Gasteiger partial charge in [-0.3, -0.25) is 14.5 Å². The van der Waals surface area contributed by atoms with Crippen LogP contribution in [0.25, 0.3) is 0 Å². The minimum absolute atomic E-state index is 0.0514. The predicted octanol–water partition coefficient (Wildman–Crippen LogP) is -0.663. The summed E-state index contributed by atoms with van der Waals surface area (Å²) in [7, 11) is -2.01. The SMILES string of the molecule is COc1cc(CN2CC3CN(C(=O)CNS(C)(=O)=O)CC3(CO)C2)ccc1F.O=CO. The van der Waals surface area contributed by atoms with E-state index < -0.39 is 21.3 Å². The molecular weight excluding hydrogens is 433 g/mol. The van der Waals surface area contributed by atoms with Gasteiger partial charge in [-0.05, 0) is 23.6 Å². The molecule has 2 atom stereocenters. The second-order valence-corrected chi connectivity index (χ2v) is 9.66. The summed E-state index contributed by atoms with van der Waals surface area (Å²) in [6.07, 6.45) is 1.01. The first-order valence-electron chi connectivity index (χ1n) is 9.53. The number of sulfonamides is 1. The highest BCUT2D eigenvalue weighted by Gasteiger charge is 2.52. The molecule has 2 aliphatic heterocycles. The molecule has 2 heterocycles. The fourth-order valence-corrected chi connectivity index (χ4v) is 4.58. The quantitative estimate of drug-likeness (QED) is 0.455. The minimum atomic E-state index is -3.43. The monoisotopic (exact) mass is 461 g/mol. The Morgan fingerprint density at radius 3 is 2.61 bits per heavy atom. The zero-order valence-electron chi connectivity index (χ0n) is 17.5. The molecule has 2 unspecified atom stereocenters. The number of methoxy groups -OCH3 is 1. The molecule has 0 spiro atoms. The molecule has 10 nitrogen and oxygen atoms in total. The molecule has 12 heteroatoms. The van der Waals surface area contributed by atoms with E-state index in [2.05, 4.69) is 9.62 Å². The van der Waals surface area contributed by atoms with Gasteiger partial charge in [0, 0.05) is 38.1 Å². The number of aliphatic hydroxyl groups is 1. The van der Waals surface area contributed by atoms with Crippen molar-refractivity contribution in [2.75, 3.05) is 52.7 Å². The van der Waals surface area contributed by atoms with Gasteiger partial charge in [0.25, 0.3) is 6.47 Å². The van der Waals surface area contributed by atoms with E-state index in [0.29, 0.717) is 32.7 Å². The molecule has 0 aromatic heterocycles. The zero-order chi connectivity index (χ0) is 23.2. The molecule has 2 aliphatic rings. The molecule has 0 bridgehead atoms. The molecule has 1 aromatic rings. The topological polar surface area (TPSA) is 136 Å². The molecule has 1 amide bonds. The van der Waals surface area contributed by atoms with Gasteiger partial charge in [0.15, 0.2) is 11.6 Å². The number of carboxylic acid groups (broad SMARTS) is 1. The second kappa shape index (κ2) is 10.4. The number of hydrogen-bond acceptors (Lipinski definition) is 7. The first-order valence-corrected chi connectivity index (χ1v) is 11.4. The van der Waals surface area contributed by atoms with E-state index in [4.69, 9.17) is 14.6 Å². The predicted molar refractivity (Wildman–Crippen MR) is 109 cm³/mol. The van der Waals surface area contributed by atoms with Crippen molar-refractivity contribution in [2.45, 2.75) is 6.54 Å². The number of fused-ring (bicyclic) bond motifs is 1. The van der Waals surface area contributed by atoms with Crippen LogP contribution in [0.1, 0.15) is 5.56 Å². The average Bonchev–Trinajstić information content (AvgIpc) is 3.21. The third-order valence-corrected chi connectivity index (χ3v) is 6.27. The minimum Gasteiger partial charge on any atom is -0.494 e. The fraction of sp³-hybridized carbons (Fsp3) is 0.579. The van der Waals surface area contributed by atoms with Crippen LogP contribution in [0.2, 0.25) is 0 Å². The summed E-state index contributed by atoms with van der Waals surface area (Å²) in [5, 5.41) is 16.9. The van der Waals surface area contributed by atoms with E-state index in [1.165, 1.54) is 13.2 Å². The van der Waals surface area contributed by atoms with Gasteiger partial charge in [-0.15, -0.1) is 0 Å². The van der Waals surface area contributed by atoms with Crippen molar-refractivity contribution in [1.82, 2.24) is 14.5 Å². The van der Waals surface area contributed by atoms with Gasteiger partial charge in [0.05, 0.1) is 26.5 Å². The van der Waals surface area contributed by atoms with E-state index in [1.54, 1.807) is 17.0 Å². The Morgan fingerprint density at radius 2 is 2.06 bits per heavy atom. The fourth-order valence-electron chi connectivity index (χ4n) is 4.19. The second-order valence-electron chi connectivity index (χ2n) is 7.83. The summed E-state index contributed by atoms with van der Waals surface area (Å²) in [6.45, 7) is 2.20. The van der Waals surface area contributed by atoms with Gasteiger partial charge >= 0.3 is 0 Å². The van der Waals surface area contributed by atoms with Gasteiger partial charge < -0.3 is 19.8 Å². The lowest BCUT2D eigenvalue weighted by atomic mass is 9.82. The summed E-state index contributed by atoms with van der Waals surface area (Å²) in [4.78, 5) is 24.5. The Hall–Kier alpha value is -2.28. The molecule has 3 rings (SSSR count). The molecule has 2 fully saturated rings. The molecule has 0 saturated carbocycles. The van der Waals surface area contributed by atoms with Crippen LogP contribution in [0.5, 0.6) is 5.75 Å². The number of halogens is 1. The number of hydrogen-bond donors (Lipinski definition) is 3. The van der Waals surface area contributed by atoms with Crippen molar-refractivity contribution in [3.8, 4) is 5.75 Å². The lowest BCUT2D eigenvalue weighted by molar-refractivity contribution is -0.129. The van der Waals surface area contributed by atoms with E-state index in [1.807, 2.05) is 0 Å². The average molecular weight is 462 g/mol. The van der Waals surface area contributed by atoms with Gasteiger partial charge in [0.2, 0.25) is 15.9 Å². The molecule has 0 aliphatic carbocycles. The number of likely N-dealkylation sites (tertiary alicyclic amines) is 2. The summed E-state index contributed by atoms with van der Waals surface area (Å²) in [5.41, 5.74) is 0.488. The molecule has 31 heavy (non-hydrogen) atoms. The van der Waals surface area contributed by atoms with E-state index in [0.717, 1.165) is 11.8 Å². The molecule has 174 valence electrons. The smallest absolute Gasteiger partial charge is 0.290 e. The number of amides is 1. The van der Waals surface area contributed by atoms with Crippen LogP contribution in [0.3, 0.4) is 0 Å². The lowest BCUT2D eigenvalue weighted by Crippen LogP contribution is -2.42. The normalized spacial score (nSPS) is 23.1. The van der Waals surface area contributed by atoms with Crippen LogP contribution < -0.4 is 9.46 Å². The number of rotatable bonds is 7. The Bertz CT molecular complexity index is 898. The zero-order valence-corrected chi connectivity index (χ0v) is 18.3. The largest absolute Gasteiger partial charge is 0.494 e. The van der Waals surface area contributed by atoms with Crippen LogP contribution >= 0.6 is 0 Å². The van der Waals surface area contributed by atoms with E-state index >= 15 is 0 Å². The van der Waals surface area contributed by atoms with Crippen molar-refractivity contribution in [3.05, 3.63) is 29.6 Å². The highest BCUT2D eigenvalue weighted by molar-refractivity contribution is 7.88. The van der Waals surface area contributed by atoms with Crippen LogP contribution in [-0.2, 0) is 26.2 Å². The van der Waals surface area contributed by atoms with E-state index in [9.17, 15) is 22.7 Å². The molecular formula is C19H28FN3O7S.